The second-order valence-electron chi connectivity index (χ2n) is 9.85. The summed E-state index contributed by atoms with van der Waals surface area (Å²) in [7, 11) is 0. The van der Waals surface area contributed by atoms with Gasteiger partial charge in [0.05, 0.1) is 0 Å². The molecule has 1 saturated heterocycles. The molecule has 4 aliphatic carbocycles. The van der Waals surface area contributed by atoms with Crippen LogP contribution in [0.25, 0.3) is 0 Å². The minimum absolute atomic E-state index is 0.0334. The molecule has 1 heterocycles. The van der Waals surface area contributed by atoms with E-state index < -0.39 is 0 Å². The Morgan fingerprint density at radius 3 is 2.08 bits per heavy atom. The molecule has 2 amide bonds. The van der Waals surface area contributed by atoms with Crippen molar-refractivity contribution in [1.29, 1.82) is 0 Å². The van der Waals surface area contributed by atoms with Crippen LogP contribution in [0, 0.1) is 29.1 Å². The molecule has 0 spiro atoms. The van der Waals surface area contributed by atoms with Crippen LogP contribution in [-0.4, -0.2) is 35.3 Å². The minimum Gasteiger partial charge on any atom is -0.351 e. The Hall–Kier alpha value is -1.06. The second kappa shape index (κ2) is 6.28. The smallest absolute Gasteiger partial charge is 0.243 e. The fourth-order valence-electron chi connectivity index (χ4n) is 6.81. The highest BCUT2D eigenvalue weighted by Gasteiger charge is 2.53. The zero-order chi connectivity index (χ0) is 17.8. The molecule has 0 unspecified atom stereocenters. The van der Waals surface area contributed by atoms with Crippen molar-refractivity contribution in [1.82, 2.24) is 10.2 Å². The molecule has 0 radical (unpaired) electrons. The van der Waals surface area contributed by atoms with Crippen LogP contribution < -0.4 is 5.32 Å². The molecule has 1 N–H and O–H groups in total. The zero-order valence-electron chi connectivity index (χ0n) is 16.1. The highest BCUT2D eigenvalue weighted by molar-refractivity contribution is 5.89. The summed E-state index contributed by atoms with van der Waals surface area (Å²) < 4.78 is 0. The van der Waals surface area contributed by atoms with Gasteiger partial charge in [-0.25, -0.2) is 0 Å². The molecule has 25 heavy (non-hydrogen) atoms. The average molecular weight is 347 g/mol. The number of likely N-dealkylation sites (tertiary alicyclic amines) is 1. The van der Waals surface area contributed by atoms with Gasteiger partial charge in [0, 0.05) is 18.5 Å². The predicted octanol–water partition coefficient (Wildman–Crippen LogP) is 3.35. The first-order chi connectivity index (χ1) is 11.9. The van der Waals surface area contributed by atoms with Gasteiger partial charge in [-0.05, 0) is 81.5 Å². The van der Waals surface area contributed by atoms with E-state index in [1.165, 1.54) is 38.5 Å². The van der Waals surface area contributed by atoms with Crippen molar-refractivity contribution in [3.8, 4) is 0 Å². The maximum atomic E-state index is 13.0. The van der Waals surface area contributed by atoms with E-state index in [-0.39, 0.29) is 29.8 Å². The van der Waals surface area contributed by atoms with Gasteiger partial charge in [0.25, 0.3) is 0 Å². The molecular weight excluding hydrogens is 312 g/mol. The van der Waals surface area contributed by atoms with Crippen molar-refractivity contribution < 1.29 is 9.59 Å². The Morgan fingerprint density at radius 1 is 1.00 bits per heavy atom. The molecule has 4 nitrogen and oxygen atoms in total. The number of amides is 2. The maximum absolute atomic E-state index is 13.0. The summed E-state index contributed by atoms with van der Waals surface area (Å²) in [4.78, 5) is 27.2. The quantitative estimate of drug-likeness (QED) is 0.848. The number of rotatable bonds is 4. The van der Waals surface area contributed by atoms with Crippen molar-refractivity contribution in [3.05, 3.63) is 0 Å². The highest BCUT2D eigenvalue weighted by Crippen LogP contribution is 2.61. The number of nitrogens with one attached hydrogen (secondary N) is 1. The van der Waals surface area contributed by atoms with Gasteiger partial charge in [-0.15, -0.1) is 0 Å². The van der Waals surface area contributed by atoms with E-state index in [2.05, 4.69) is 12.2 Å². The fourth-order valence-corrected chi connectivity index (χ4v) is 6.81. The van der Waals surface area contributed by atoms with Gasteiger partial charge in [-0.3, -0.25) is 9.59 Å². The van der Waals surface area contributed by atoms with Crippen molar-refractivity contribution in [3.63, 3.8) is 0 Å². The molecule has 140 valence electrons. The molecule has 4 heteroatoms. The Kier molecular flexibility index (Phi) is 4.36. The molecule has 0 aromatic rings. The van der Waals surface area contributed by atoms with E-state index in [4.69, 9.17) is 0 Å². The van der Waals surface area contributed by atoms with Crippen LogP contribution in [-0.2, 0) is 9.59 Å². The van der Waals surface area contributed by atoms with Crippen molar-refractivity contribution in [2.75, 3.05) is 6.54 Å². The van der Waals surface area contributed by atoms with Crippen LogP contribution in [0.1, 0.15) is 72.1 Å². The van der Waals surface area contributed by atoms with E-state index in [1.54, 1.807) is 0 Å². The molecule has 4 saturated carbocycles. The van der Waals surface area contributed by atoms with E-state index in [9.17, 15) is 9.59 Å². The van der Waals surface area contributed by atoms with Crippen molar-refractivity contribution in [2.24, 2.45) is 29.1 Å². The third-order valence-electron chi connectivity index (χ3n) is 7.70. The Labute approximate surface area is 152 Å². The topological polar surface area (TPSA) is 49.4 Å². The first-order valence-corrected chi connectivity index (χ1v) is 10.5. The van der Waals surface area contributed by atoms with Crippen LogP contribution in [0.5, 0.6) is 0 Å². The first kappa shape index (κ1) is 17.4. The van der Waals surface area contributed by atoms with Gasteiger partial charge in [0.2, 0.25) is 11.8 Å². The summed E-state index contributed by atoms with van der Waals surface area (Å²) in [6, 6.07) is -0.00346. The molecule has 0 aromatic carbocycles. The Morgan fingerprint density at radius 2 is 1.56 bits per heavy atom. The van der Waals surface area contributed by atoms with Gasteiger partial charge < -0.3 is 10.2 Å². The molecule has 0 aromatic heterocycles. The van der Waals surface area contributed by atoms with Crippen LogP contribution in [0.2, 0.25) is 0 Å². The third-order valence-corrected chi connectivity index (χ3v) is 7.70. The highest BCUT2D eigenvalue weighted by atomic mass is 16.2. The SMILES string of the molecule is CC(C)C(=O)N1CCC[C@H]1C(=O)N[C@@H](C)C12CC3CC(CC(C3)C1)C2. The number of nitrogens with zero attached hydrogens (tertiary/aromatic N) is 1. The standard InChI is InChI=1S/C21H34N2O2/c1-13(2)20(25)23-6-4-5-18(23)19(24)22-14(3)21-10-15-7-16(11-21)9-17(8-15)12-21/h13-18H,4-12H2,1-3H3,(H,22,24)/t14-,15?,16?,17?,18-,21?/m0/s1. The van der Waals surface area contributed by atoms with Gasteiger partial charge in [-0.2, -0.15) is 0 Å². The van der Waals surface area contributed by atoms with Crippen molar-refractivity contribution >= 4 is 11.8 Å². The van der Waals surface area contributed by atoms with Crippen LogP contribution in [0.3, 0.4) is 0 Å². The first-order valence-electron chi connectivity index (χ1n) is 10.5. The van der Waals surface area contributed by atoms with Crippen LogP contribution in [0.15, 0.2) is 0 Å². The van der Waals surface area contributed by atoms with Gasteiger partial charge in [-0.1, -0.05) is 13.8 Å². The number of carbonyl (C=O) groups excluding carboxylic acids is 2. The molecule has 2 atom stereocenters. The summed E-state index contributed by atoms with van der Waals surface area (Å²) in [6.07, 6.45) is 9.97. The van der Waals surface area contributed by atoms with Crippen molar-refractivity contribution in [2.45, 2.75) is 84.2 Å². The lowest BCUT2D eigenvalue weighted by Crippen LogP contribution is -2.58. The zero-order valence-corrected chi connectivity index (χ0v) is 16.1. The summed E-state index contributed by atoms with van der Waals surface area (Å²) in [5.74, 6) is 2.88. The van der Waals surface area contributed by atoms with E-state index >= 15 is 0 Å². The summed E-state index contributed by atoms with van der Waals surface area (Å²) in [6.45, 7) is 6.82. The van der Waals surface area contributed by atoms with Gasteiger partial charge in [0.1, 0.15) is 6.04 Å². The summed E-state index contributed by atoms with van der Waals surface area (Å²) in [5.41, 5.74) is 0.329. The average Bonchev–Trinajstić information content (AvgIpc) is 3.02. The molecule has 5 aliphatic rings. The molecule has 1 aliphatic heterocycles. The van der Waals surface area contributed by atoms with Gasteiger partial charge in [0.15, 0.2) is 0 Å². The molecule has 5 rings (SSSR count). The van der Waals surface area contributed by atoms with Gasteiger partial charge >= 0.3 is 0 Å². The summed E-state index contributed by atoms with van der Waals surface area (Å²) in [5, 5.41) is 3.37. The Balaban J connectivity index is 1.43. The Bertz CT molecular complexity index is 521. The lowest BCUT2D eigenvalue weighted by molar-refractivity contribution is -0.142. The third kappa shape index (κ3) is 3.00. The molecule has 5 fully saturated rings. The monoisotopic (exact) mass is 346 g/mol. The number of hydrogen-bond donors (Lipinski definition) is 1. The molecular formula is C21H34N2O2. The maximum Gasteiger partial charge on any atom is 0.243 e. The number of carbonyl (C=O) groups is 2. The minimum atomic E-state index is -0.244. The summed E-state index contributed by atoms with van der Waals surface area (Å²) >= 11 is 0. The molecule has 4 bridgehead atoms. The number of hydrogen-bond acceptors (Lipinski definition) is 2. The van der Waals surface area contributed by atoms with E-state index in [0.717, 1.165) is 37.1 Å². The van der Waals surface area contributed by atoms with E-state index in [1.807, 2.05) is 18.7 Å². The lowest BCUT2D eigenvalue weighted by Gasteiger charge is -2.59. The van der Waals surface area contributed by atoms with Crippen LogP contribution >= 0.6 is 0 Å². The largest absolute Gasteiger partial charge is 0.351 e. The predicted molar refractivity (Wildman–Crippen MR) is 97.8 cm³/mol. The normalized spacial score (nSPS) is 40.6. The second-order valence-corrected chi connectivity index (χ2v) is 9.85. The fraction of sp³-hybridized carbons (Fsp3) is 0.905. The van der Waals surface area contributed by atoms with Crippen LogP contribution in [0.4, 0.5) is 0 Å². The van der Waals surface area contributed by atoms with E-state index in [0.29, 0.717) is 5.41 Å². The lowest BCUT2D eigenvalue weighted by atomic mass is 9.48.